The van der Waals surface area contributed by atoms with E-state index in [-0.39, 0.29) is 11.8 Å². The van der Waals surface area contributed by atoms with Crippen molar-refractivity contribution in [3.8, 4) is 0 Å². The molecule has 76 valence electrons. The minimum absolute atomic E-state index is 0.0435. The summed E-state index contributed by atoms with van der Waals surface area (Å²) in [5.74, 6) is 0.129. The maximum atomic E-state index is 11.2. The van der Waals surface area contributed by atoms with Crippen LogP contribution in [-0.4, -0.2) is 22.4 Å². The summed E-state index contributed by atoms with van der Waals surface area (Å²) in [5, 5.41) is 2.84. The van der Waals surface area contributed by atoms with Gasteiger partial charge in [0.05, 0.1) is 0 Å². The number of carbonyl (C=O) groups is 1. The van der Waals surface area contributed by atoms with Gasteiger partial charge in [-0.05, 0) is 12.0 Å². The Morgan fingerprint density at radius 2 is 2.07 bits per heavy atom. The smallest absolute Gasteiger partial charge is 0.222 e. The van der Waals surface area contributed by atoms with E-state index in [9.17, 15) is 4.79 Å². The third-order valence-electron chi connectivity index (χ3n) is 1.85. The Kier molecular flexibility index (Phi) is 4.04. The van der Waals surface area contributed by atoms with Crippen LogP contribution in [0.5, 0.6) is 0 Å². The first-order valence-corrected chi connectivity index (χ1v) is 4.71. The van der Waals surface area contributed by atoms with E-state index in [1.807, 2.05) is 13.8 Å². The molecular weight excluding hydrogens is 178 g/mol. The molecule has 1 N–H and O–H groups in total. The molecule has 0 saturated carbocycles. The number of carbonyl (C=O) groups excluding carboxylic acids is 1. The van der Waals surface area contributed by atoms with Crippen molar-refractivity contribution in [1.82, 2.24) is 15.3 Å². The van der Waals surface area contributed by atoms with Gasteiger partial charge in [-0.3, -0.25) is 4.79 Å². The minimum atomic E-state index is 0.0435. The average Bonchev–Trinajstić information content (AvgIpc) is 2.19. The van der Waals surface area contributed by atoms with Crippen molar-refractivity contribution in [3.63, 3.8) is 0 Å². The predicted molar refractivity (Wildman–Crippen MR) is 53.6 cm³/mol. The van der Waals surface area contributed by atoms with Gasteiger partial charge in [-0.15, -0.1) is 0 Å². The Morgan fingerprint density at radius 3 is 2.64 bits per heavy atom. The van der Waals surface area contributed by atoms with Crippen LogP contribution in [0.25, 0.3) is 0 Å². The molecule has 0 aromatic carbocycles. The number of hydrogen-bond donors (Lipinski definition) is 1. The fourth-order valence-corrected chi connectivity index (χ4v) is 0.993. The highest BCUT2D eigenvalue weighted by molar-refractivity contribution is 5.77. The zero-order chi connectivity index (χ0) is 10.4. The molecule has 1 heterocycles. The number of nitrogens with one attached hydrogen (secondary N) is 1. The maximum Gasteiger partial charge on any atom is 0.222 e. The average molecular weight is 193 g/mol. The SMILES string of the molecule is CC(C)C(=O)NCCc1cncnc1. The fraction of sp³-hybridized carbons (Fsp3) is 0.500. The van der Waals surface area contributed by atoms with Gasteiger partial charge in [0.15, 0.2) is 0 Å². The minimum Gasteiger partial charge on any atom is -0.356 e. The third kappa shape index (κ3) is 3.51. The lowest BCUT2D eigenvalue weighted by Crippen LogP contribution is -2.29. The summed E-state index contributed by atoms with van der Waals surface area (Å²) >= 11 is 0. The van der Waals surface area contributed by atoms with Crippen LogP contribution in [0.15, 0.2) is 18.7 Å². The molecule has 0 unspecified atom stereocenters. The van der Waals surface area contributed by atoms with E-state index in [0.717, 1.165) is 12.0 Å². The Hall–Kier alpha value is -1.45. The number of amides is 1. The summed E-state index contributed by atoms with van der Waals surface area (Å²) in [7, 11) is 0. The largest absolute Gasteiger partial charge is 0.356 e. The Bertz CT molecular complexity index is 285. The summed E-state index contributed by atoms with van der Waals surface area (Å²) in [4.78, 5) is 19.0. The first-order valence-electron chi connectivity index (χ1n) is 4.71. The maximum absolute atomic E-state index is 11.2. The Morgan fingerprint density at radius 1 is 1.43 bits per heavy atom. The topological polar surface area (TPSA) is 54.9 Å². The molecule has 0 aliphatic rings. The second-order valence-corrected chi connectivity index (χ2v) is 3.44. The van der Waals surface area contributed by atoms with Crippen LogP contribution in [0.3, 0.4) is 0 Å². The molecule has 0 aliphatic heterocycles. The van der Waals surface area contributed by atoms with Crippen molar-refractivity contribution in [1.29, 1.82) is 0 Å². The highest BCUT2D eigenvalue weighted by atomic mass is 16.1. The molecule has 14 heavy (non-hydrogen) atoms. The van der Waals surface area contributed by atoms with E-state index in [1.54, 1.807) is 12.4 Å². The van der Waals surface area contributed by atoms with E-state index in [1.165, 1.54) is 6.33 Å². The van der Waals surface area contributed by atoms with Gasteiger partial charge in [-0.25, -0.2) is 9.97 Å². The molecule has 1 aromatic heterocycles. The van der Waals surface area contributed by atoms with Gasteiger partial charge in [-0.2, -0.15) is 0 Å². The second kappa shape index (κ2) is 5.32. The zero-order valence-corrected chi connectivity index (χ0v) is 8.53. The van der Waals surface area contributed by atoms with E-state index in [4.69, 9.17) is 0 Å². The van der Waals surface area contributed by atoms with Crippen LogP contribution in [0.4, 0.5) is 0 Å². The molecule has 0 atom stereocenters. The Labute approximate surface area is 83.8 Å². The summed E-state index contributed by atoms with van der Waals surface area (Å²) in [6, 6.07) is 0. The highest BCUT2D eigenvalue weighted by Crippen LogP contribution is 1.94. The lowest BCUT2D eigenvalue weighted by molar-refractivity contribution is -0.123. The number of nitrogens with zero attached hydrogens (tertiary/aromatic N) is 2. The molecule has 4 heteroatoms. The molecule has 0 bridgehead atoms. The van der Waals surface area contributed by atoms with Crippen LogP contribution in [0.1, 0.15) is 19.4 Å². The van der Waals surface area contributed by atoms with E-state index >= 15 is 0 Å². The molecule has 1 aromatic rings. The van der Waals surface area contributed by atoms with Gasteiger partial charge in [0.2, 0.25) is 5.91 Å². The van der Waals surface area contributed by atoms with Gasteiger partial charge in [-0.1, -0.05) is 13.8 Å². The molecule has 4 nitrogen and oxygen atoms in total. The molecular formula is C10H15N3O. The van der Waals surface area contributed by atoms with E-state index < -0.39 is 0 Å². The monoisotopic (exact) mass is 193 g/mol. The molecule has 0 aliphatic carbocycles. The lowest BCUT2D eigenvalue weighted by atomic mass is 10.2. The molecule has 0 spiro atoms. The van der Waals surface area contributed by atoms with Gasteiger partial charge in [0, 0.05) is 24.9 Å². The van der Waals surface area contributed by atoms with Crippen LogP contribution < -0.4 is 5.32 Å². The lowest BCUT2D eigenvalue weighted by Gasteiger charge is -2.06. The normalized spacial score (nSPS) is 10.2. The summed E-state index contributed by atoms with van der Waals surface area (Å²) in [6.07, 6.45) is 5.79. The summed E-state index contributed by atoms with van der Waals surface area (Å²) in [5.41, 5.74) is 1.04. The first-order chi connectivity index (χ1) is 6.70. The fourth-order valence-electron chi connectivity index (χ4n) is 0.993. The van der Waals surface area contributed by atoms with Crippen LogP contribution >= 0.6 is 0 Å². The summed E-state index contributed by atoms with van der Waals surface area (Å²) < 4.78 is 0. The molecule has 0 fully saturated rings. The summed E-state index contributed by atoms with van der Waals surface area (Å²) in [6.45, 7) is 4.40. The molecule has 1 rings (SSSR count). The first kappa shape index (κ1) is 10.6. The van der Waals surface area contributed by atoms with E-state index in [0.29, 0.717) is 6.54 Å². The van der Waals surface area contributed by atoms with Gasteiger partial charge in [0.1, 0.15) is 6.33 Å². The molecule has 0 saturated heterocycles. The quantitative estimate of drug-likeness (QED) is 0.769. The van der Waals surface area contributed by atoms with Gasteiger partial charge >= 0.3 is 0 Å². The van der Waals surface area contributed by atoms with Crippen LogP contribution in [-0.2, 0) is 11.2 Å². The number of rotatable bonds is 4. The van der Waals surface area contributed by atoms with Crippen LogP contribution in [0, 0.1) is 5.92 Å². The van der Waals surface area contributed by atoms with Gasteiger partial charge in [0.25, 0.3) is 0 Å². The van der Waals surface area contributed by atoms with Crippen molar-refractivity contribution < 1.29 is 4.79 Å². The molecule has 1 amide bonds. The van der Waals surface area contributed by atoms with Crippen molar-refractivity contribution in [3.05, 3.63) is 24.3 Å². The van der Waals surface area contributed by atoms with Crippen molar-refractivity contribution in [2.45, 2.75) is 20.3 Å². The molecule has 0 radical (unpaired) electrons. The van der Waals surface area contributed by atoms with E-state index in [2.05, 4.69) is 15.3 Å². The van der Waals surface area contributed by atoms with Crippen molar-refractivity contribution in [2.75, 3.05) is 6.54 Å². The number of hydrogen-bond acceptors (Lipinski definition) is 3. The van der Waals surface area contributed by atoms with Crippen molar-refractivity contribution >= 4 is 5.91 Å². The van der Waals surface area contributed by atoms with Crippen molar-refractivity contribution in [2.24, 2.45) is 5.92 Å². The Balaban J connectivity index is 2.26. The standard InChI is InChI=1S/C10H15N3O/c1-8(2)10(14)13-4-3-9-5-11-7-12-6-9/h5-8H,3-4H2,1-2H3,(H,13,14). The third-order valence-corrected chi connectivity index (χ3v) is 1.85. The predicted octanol–water partition coefficient (Wildman–Crippen LogP) is 0.791. The van der Waals surface area contributed by atoms with Gasteiger partial charge < -0.3 is 5.32 Å². The second-order valence-electron chi connectivity index (χ2n) is 3.44. The number of aromatic nitrogens is 2. The zero-order valence-electron chi connectivity index (χ0n) is 8.53. The van der Waals surface area contributed by atoms with Crippen LogP contribution in [0.2, 0.25) is 0 Å². The highest BCUT2D eigenvalue weighted by Gasteiger charge is 2.04.